The maximum Gasteiger partial charge on any atom is 0.287 e. The zero-order valence-electron chi connectivity index (χ0n) is 12.5. The van der Waals surface area contributed by atoms with Crippen molar-refractivity contribution in [3.8, 4) is 22.9 Å². The van der Waals surface area contributed by atoms with Gasteiger partial charge in [0.15, 0.2) is 22.5 Å². The van der Waals surface area contributed by atoms with Gasteiger partial charge in [-0.25, -0.2) is 9.55 Å². The van der Waals surface area contributed by atoms with E-state index in [-0.39, 0.29) is 0 Å². The molecule has 4 heteroatoms. The van der Waals surface area contributed by atoms with Crippen molar-refractivity contribution in [3.63, 3.8) is 0 Å². The Balaban J connectivity index is 2.20. The second-order valence-electron chi connectivity index (χ2n) is 4.80. The van der Waals surface area contributed by atoms with E-state index in [1.54, 1.807) is 14.2 Å². The number of aromatic nitrogens is 2. The second kappa shape index (κ2) is 5.48. The number of para-hydroxylation sites is 2. The zero-order chi connectivity index (χ0) is 14.8. The molecular formula is C17H19N2O2+. The third-order valence-electron chi connectivity index (χ3n) is 3.69. The van der Waals surface area contributed by atoms with Crippen molar-refractivity contribution in [1.29, 1.82) is 0 Å². The number of methoxy groups -OCH3 is 2. The largest absolute Gasteiger partial charge is 0.493 e. The van der Waals surface area contributed by atoms with Crippen LogP contribution in [0.2, 0.25) is 0 Å². The Kier molecular flexibility index (Phi) is 3.52. The van der Waals surface area contributed by atoms with E-state index in [1.807, 2.05) is 24.3 Å². The highest BCUT2D eigenvalue weighted by Gasteiger charge is 2.19. The quantitative estimate of drug-likeness (QED) is 0.747. The summed E-state index contributed by atoms with van der Waals surface area (Å²) in [6.07, 6.45) is 0. The molecule has 4 nitrogen and oxygen atoms in total. The van der Waals surface area contributed by atoms with E-state index in [0.717, 1.165) is 34.9 Å². The van der Waals surface area contributed by atoms with Crippen LogP contribution in [0.25, 0.3) is 22.4 Å². The molecule has 2 aromatic carbocycles. The zero-order valence-corrected chi connectivity index (χ0v) is 12.5. The molecule has 1 aromatic heterocycles. The highest BCUT2D eigenvalue weighted by Crippen LogP contribution is 2.31. The van der Waals surface area contributed by atoms with Crippen LogP contribution in [0.5, 0.6) is 11.5 Å². The molecule has 1 heterocycles. The van der Waals surface area contributed by atoms with Crippen molar-refractivity contribution in [2.24, 2.45) is 0 Å². The first-order chi connectivity index (χ1) is 10.3. The fourth-order valence-electron chi connectivity index (χ4n) is 2.67. The van der Waals surface area contributed by atoms with E-state index < -0.39 is 0 Å². The van der Waals surface area contributed by atoms with Gasteiger partial charge in [0.1, 0.15) is 0 Å². The third kappa shape index (κ3) is 2.23. The van der Waals surface area contributed by atoms with Gasteiger partial charge < -0.3 is 9.47 Å². The molecule has 0 saturated heterocycles. The van der Waals surface area contributed by atoms with Crippen molar-refractivity contribution >= 4 is 11.0 Å². The molecule has 0 aliphatic carbocycles. The number of H-pyrrole nitrogens is 1. The van der Waals surface area contributed by atoms with Crippen molar-refractivity contribution < 1.29 is 14.0 Å². The molecule has 0 amide bonds. The Morgan fingerprint density at radius 2 is 1.76 bits per heavy atom. The summed E-state index contributed by atoms with van der Waals surface area (Å²) in [6.45, 7) is 3.04. The number of hydrogen-bond donors (Lipinski definition) is 1. The van der Waals surface area contributed by atoms with Gasteiger partial charge in [-0.15, -0.1) is 0 Å². The molecule has 0 bridgehead atoms. The van der Waals surface area contributed by atoms with Gasteiger partial charge in [-0.2, -0.15) is 0 Å². The van der Waals surface area contributed by atoms with Gasteiger partial charge in [0.2, 0.25) is 0 Å². The van der Waals surface area contributed by atoms with Crippen LogP contribution in [0.4, 0.5) is 0 Å². The van der Waals surface area contributed by atoms with Crippen LogP contribution in [0.1, 0.15) is 6.92 Å². The van der Waals surface area contributed by atoms with Gasteiger partial charge in [0, 0.05) is 0 Å². The van der Waals surface area contributed by atoms with Crippen LogP contribution in [-0.4, -0.2) is 19.2 Å². The lowest BCUT2D eigenvalue weighted by Gasteiger charge is -2.08. The minimum atomic E-state index is 0.733. The molecule has 1 N–H and O–H groups in total. The van der Waals surface area contributed by atoms with Crippen molar-refractivity contribution in [3.05, 3.63) is 42.5 Å². The number of benzene rings is 2. The molecule has 0 unspecified atom stereocenters. The summed E-state index contributed by atoms with van der Waals surface area (Å²) in [5.41, 5.74) is 3.40. The van der Waals surface area contributed by atoms with Crippen molar-refractivity contribution in [2.75, 3.05) is 14.2 Å². The molecule has 21 heavy (non-hydrogen) atoms. The number of imidazole rings is 1. The predicted octanol–water partition coefficient (Wildman–Crippen LogP) is 3.16. The van der Waals surface area contributed by atoms with Gasteiger partial charge in [-0.1, -0.05) is 12.1 Å². The number of aryl methyl sites for hydroxylation is 1. The van der Waals surface area contributed by atoms with Gasteiger partial charge in [-0.3, -0.25) is 0 Å². The Labute approximate surface area is 123 Å². The Hall–Kier alpha value is -2.49. The summed E-state index contributed by atoms with van der Waals surface area (Å²) in [6, 6.07) is 14.3. The number of ether oxygens (including phenoxy) is 2. The lowest BCUT2D eigenvalue weighted by Crippen LogP contribution is -2.33. The average molecular weight is 283 g/mol. The van der Waals surface area contributed by atoms with E-state index in [1.165, 1.54) is 5.52 Å². The molecule has 0 spiro atoms. The molecule has 0 aliphatic rings. The normalized spacial score (nSPS) is 10.8. The van der Waals surface area contributed by atoms with Crippen LogP contribution in [0.15, 0.2) is 42.5 Å². The van der Waals surface area contributed by atoms with Gasteiger partial charge in [-0.05, 0) is 37.3 Å². The highest BCUT2D eigenvalue weighted by molar-refractivity contribution is 5.75. The predicted molar refractivity (Wildman–Crippen MR) is 82.7 cm³/mol. The lowest BCUT2D eigenvalue weighted by molar-refractivity contribution is -0.656. The summed E-state index contributed by atoms with van der Waals surface area (Å²) in [7, 11) is 3.30. The van der Waals surface area contributed by atoms with E-state index in [0.29, 0.717) is 0 Å². The molecular weight excluding hydrogens is 264 g/mol. The standard InChI is InChI=1S/C17H18N2O2/c1-4-19-14-8-6-5-7-13(14)18-17(19)12-9-10-15(20-2)16(11-12)21-3/h5-11H,4H2,1-3H3/p+1. The van der Waals surface area contributed by atoms with Crippen molar-refractivity contribution in [1.82, 2.24) is 4.98 Å². The van der Waals surface area contributed by atoms with Crippen LogP contribution in [0.3, 0.4) is 0 Å². The van der Waals surface area contributed by atoms with Crippen LogP contribution in [0, 0.1) is 0 Å². The Bertz CT molecular complexity index is 778. The van der Waals surface area contributed by atoms with E-state index in [9.17, 15) is 0 Å². The van der Waals surface area contributed by atoms with Gasteiger partial charge in [0.05, 0.1) is 26.3 Å². The van der Waals surface area contributed by atoms with Crippen LogP contribution < -0.4 is 14.0 Å². The number of hydrogen-bond acceptors (Lipinski definition) is 2. The number of fused-ring (bicyclic) bond motifs is 1. The second-order valence-corrected chi connectivity index (χ2v) is 4.80. The number of rotatable bonds is 4. The first kappa shape index (κ1) is 13.5. The molecule has 0 atom stereocenters. The van der Waals surface area contributed by atoms with E-state index >= 15 is 0 Å². The maximum atomic E-state index is 5.40. The fraction of sp³-hybridized carbons (Fsp3) is 0.235. The smallest absolute Gasteiger partial charge is 0.287 e. The average Bonchev–Trinajstić information content (AvgIpc) is 2.92. The first-order valence-corrected chi connectivity index (χ1v) is 7.01. The summed E-state index contributed by atoms with van der Waals surface area (Å²) in [5, 5.41) is 0. The molecule has 0 radical (unpaired) electrons. The summed E-state index contributed by atoms with van der Waals surface area (Å²) in [5.74, 6) is 2.54. The molecule has 108 valence electrons. The monoisotopic (exact) mass is 283 g/mol. The summed E-state index contributed by atoms with van der Waals surface area (Å²) in [4.78, 5) is 3.49. The third-order valence-corrected chi connectivity index (χ3v) is 3.69. The summed E-state index contributed by atoms with van der Waals surface area (Å²) < 4.78 is 13.0. The maximum absolute atomic E-state index is 5.40. The minimum absolute atomic E-state index is 0.733. The van der Waals surface area contributed by atoms with Gasteiger partial charge in [0.25, 0.3) is 5.82 Å². The van der Waals surface area contributed by atoms with E-state index in [4.69, 9.17) is 9.47 Å². The number of nitrogens with zero attached hydrogens (tertiary/aromatic N) is 1. The number of nitrogens with one attached hydrogen (secondary N) is 1. The Morgan fingerprint density at radius 1 is 1.00 bits per heavy atom. The lowest BCUT2D eigenvalue weighted by atomic mass is 10.2. The fourth-order valence-corrected chi connectivity index (χ4v) is 2.67. The first-order valence-electron chi connectivity index (χ1n) is 7.01. The van der Waals surface area contributed by atoms with Crippen LogP contribution >= 0.6 is 0 Å². The molecule has 0 aliphatic heterocycles. The SMILES string of the molecule is CC[n+]1c(-c2ccc(OC)c(OC)c2)[nH]c2ccccc21. The summed E-state index contributed by atoms with van der Waals surface area (Å²) >= 11 is 0. The number of aromatic amines is 1. The highest BCUT2D eigenvalue weighted by atomic mass is 16.5. The van der Waals surface area contributed by atoms with Crippen LogP contribution in [-0.2, 0) is 6.54 Å². The molecule has 3 aromatic rings. The Morgan fingerprint density at radius 3 is 2.48 bits per heavy atom. The van der Waals surface area contributed by atoms with E-state index in [2.05, 4.69) is 34.7 Å². The molecule has 0 saturated carbocycles. The van der Waals surface area contributed by atoms with Crippen molar-refractivity contribution in [2.45, 2.75) is 13.5 Å². The molecule has 3 rings (SSSR count). The topological polar surface area (TPSA) is 38.1 Å². The van der Waals surface area contributed by atoms with Gasteiger partial charge >= 0.3 is 0 Å². The molecule has 0 fully saturated rings. The minimum Gasteiger partial charge on any atom is -0.493 e.